The fraction of sp³-hybridized carbons (Fsp3) is 0.381. The highest BCUT2D eigenvalue weighted by molar-refractivity contribution is 7.99. The minimum Gasteiger partial charge on any atom is -0.326 e. The van der Waals surface area contributed by atoms with Crippen LogP contribution in [0.2, 0.25) is 0 Å². The Kier molecular flexibility index (Phi) is 5.02. The Morgan fingerprint density at radius 1 is 1.08 bits per heavy atom. The van der Waals surface area contributed by atoms with Crippen LogP contribution in [0.5, 0.6) is 0 Å². The summed E-state index contributed by atoms with van der Waals surface area (Å²) in [5.74, 6) is -0.0230. The first-order chi connectivity index (χ1) is 12.6. The van der Waals surface area contributed by atoms with E-state index in [1.54, 1.807) is 6.92 Å². The summed E-state index contributed by atoms with van der Waals surface area (Å²) >= 11 is 1.85. The molecule has 1 atom stereocenters. The van der Waals surface area contributed by atoms with Crippen molar-refractivity contribution in [1.29, 1.82) is 0 Å². The smallest absolute Gasteiger partial charge is 0.221 e. The summed E-state index contributed by atoms with van der Waals surface area (Å²) in [6.45, 7) is 5.99. The Morgan fingerprint density at radius 3 is 2.62 bits per heavy atom. The number of carbonyl (C=O) groups excluding carboxylic acids is 1. The van der Waals surface area contributed by atoms with E-state index in [0.29, 0.717) is 6.04 Å². The number of rotatable bonds is 2. The summed E-state index contributed by atoms with van der Waals surface area (Å²) in [5.41, 5.74) is 3.64. The molecular formula is C21H25N3OS. The fourth-order valence-electron chi connectivity index (χ4n) is 3.86. The molecule has 2 aliphatic rings. The van der Waals surface area contributed by atoms with Gasteiger partial charge in [-0.1, -0.05) is 30.0 Å². The Hall–Kier alpha value is -1.82. The second-order valence-corrected chi connectivity index (χ2v) is 8.29. The summed E-state index contributed by atoms with van der Waals surface area (Å²) in [5, 5.41) is 2.93. The molecule has 5 heteroatoms. The number of amides is 1. The number of piperazine rings is 1. The van der Waals surface area contributed by atoms with Crippen LogP contribution in [0.25, 0.3) is 0 Å². The van der Waals surface area contributed by atoms with Crippen molar-refractivity contribution in [2.24, 2.45) is 0 Å². The van der Waals surface area contributed by atoms with Gasteiger partial charge in [-0.2, -0.15) is 0 Å². The molecule has 0 aromatic heterocycles. The molecule has 4 rings (SSSR count). The zero-order valence-corrected chi connectivity index (χ0v) is 16.2. The summed E-state index contributed by atoms with van der Waals surface area (Å²) in [6.07, 6.45) is 0.983. The van der Waals surface area contributed by atoms with Gasteiger partial charge in [-0.15, -0.1) is 0 Å². The third kappa shape index (κ3) is 3.65. The zero-order valence-electron chi connectivity index (χ0n) is 15.4. The van der Waals surface area contributed by atoms with Crippen molar-refractivity contribution in [2.75, 3.05) is 38.5 Å². The number of nitrogens with zero attached hydrogens (tertiary/aromatic N) is 2. The summed E-state index contributed by atoms with van der Waals surface area (Å²) in [4.78, 5) is 19.1. The first-order valence-corrected chi connectivity index (χ1v) is 10.0. The fourth-order valence-corrected chi connectivity index (χ4v) is 4.98. The van der Waals surface area contributed by atoms with Crippen molar-refractivity contribution >= 4 is 23.4 Å². The van der Waals surface area contributed by atoms with E-state index in [0.717, 1.165) is 38.3 Å². The molecule has 2 aliphatic heterocycles. The average Bonchev–Trinajstić information content (AvgIpc) is 2.78. The van der Waals surface area contributed by atoms with E-state index in [-0.39, 0.29) is 5.91 Å². The number of likely N-dealkylation sites (N-methyl/N-ethyl adjacent to an activating group) is 1. The molecule has 136 valence electrons. The largest absolute Gasteiger partial charge is 0.326 e. The molecule has 26 heavy (non-hydrogen) atoms. The molecule has 0 spiro atoms. The van der Waals surface area contributed by atoms with Gasteiger partial charge in [0.1, 0.15) is 0 Å². The predicted octanol–water partition coefficient (Wildman–Crippen LogP) is 3.64. The molecule has 2 aromatic carbocycles. The van der Waals surface area contributed by atoms with Gasteiger partial charge in [-0.3, -0.25) is 9.69 Å². The van der Waals surface area contributed by atoms with Gasteiger partial charge in [0.15, 0.2) is 0 Å². The van der Waals surface area contributed by atoms with Crippen molar-refractivity contribution in [2.45, 2.75) is 29.2 Å². The summed E-state index contributed by atoms with van der Waals surface area (Å²) in [6, 6.07) is 15.5. The van der Waals surface area contributed by atoms with Crippen LogP contribution in [0.3, 0.4) is 0 Å². The van der Waals surface area contributed by atoms with E-state index in [4.69, 9.17) is 0 Å². The van der Waals surface area contributed by atoms with Crippen molar-refractivity contribution < 1.29 is 4.79 Å². The lowest BCUT2D eigenvalue weighted by Gasteiger charge is -2.38. The van der Waals surface area contributed by atoms with Crippen molar-refractivity contribution in [3.8, 4) is 0 Å². The number of benzene rings is 2. The zero-order chi connectivity index (χ0) is 18.1. The Morgan fingerprint density at radius 2 is 1.85 bits per heavy atom. The molecule has 4 nitrogen and oxygen atoms in total. The van der Waals surface area contributed by atoms with Crippen molar-refractivity contribution in [3.05, 3.63) is 53.6 Å². The summed E-state index contributed by atoms with van der Waals surface area (Å²) in [7, 11) is 2.20. The Labute approximate surface area is 159 Å². The molecule has 1 amide bonds. The SMILES string of the molecule is CC(=O)Nc1ccc2c(c1)CC(N1CCN(C)CC1)c1ccccc1S2. The first kappa shape index (κ1) is 17.6. The highest BCUT2D eigenvalue weighted by Crippen LogP contribution is 2.43. The molecule has 1 N–H and O–H groups in total. The molecule has 0 bridgehead atoms. The third-order valence-electron chi connectivity index (χ3n) is 5.27. The third-order valence-corrected chi connectivity index (χ3v) is 6.48. The van der Waals surface area contributed by atoms with Gasteiger partial charge in [0.2, 0.25) is 5.91 Å². The second-order valence-electron chi connectivity index (χ2n) is 7.20. The van der Waals surface area contributed by atoms with Crippen LogP contribution in [-0.2, 0) is 11.2 Å². The van der Waals surface area contributed by atoms with Crippen LogP contribution in [0.1, 0.15) is 24.1 Å². The molecular weight excluding hydrogens is 342 g/mol. The maximum absolute atomic E-state index is 11.4. The predicted molar refractivity (Wildman–Crippen MR) is 107 cm³/mol. The highest BCUT2D eigenvalue weighted by Gasteiger charge is 2.29. The van der Waals surface area contributed by atoms with Gasteiger partial charge in [0.05, 0.1) is 0 Å². The molecule has 0 saturated carbocycles. The van der Waals surface area contributed by atoms with Gasteiger partial charge in [0, 0.05) is 54.6 Å². The van der Waals surface area contributed by atoms with Crippen molar-refractivity contribution in [1.82, 2.24) is 9.80 Å². The maximum atomic E-state index is 11.4. The average molecular weight is 368 g/mol. The molecule has 0 aliphatic carbocycles. The standard InChI is InChI=1S/C21H25N3OS/c1-15(25)22-17-7-8-20-16(13-17)14-19(24-11-9-23(2)10-12-24)18-5-3-4-6-21(18)26-20/h3-8,13,19H,9-12,14H2,1-2H3,(H,22,25). The van der Waals surface area contributed by atoms with Crippen LogP contribution in [0.15, 0.2) is 52.3 Å². The van der Waals surface area contributed by atoms with Gasteiger partial charge >= 0.3 is 0 Å². The quantitative estimate of drug-likeness (QED) is 0.879. The van der Waals surface area contributed by atoms with Crippen LogP contribution < -0.4 is 5.32 Å². The molecule has 1 saturated heterocycles. The minimum absolute atomic E-state index is 0.0230. The van der Waals surface area contributed by atoms with E-state index in [1.807, 2.05) is 17.8 Å². The topological polar surface area (TPSA) is 35.6 Å². The number of fused-ring (bicyclic) bond motifs is 2. The van der Waals surface area contributed by atoms with Gasteiger partial charge in [0.25, 0.3) is 0 Å². The second kappa shape index (κ2) is 7.43. The number of hydrogen-bond donors (Lipinski definition) is 1. The van der Waals surface area contributed by atoms with E-state index in [9.17, 15) is 4.79 Å². The number of hydrogen-bond acceptors (Lipinski definition) is 4. The normalized spacial score (nSPS) is 20.8. The van der Waals surface area contributed by atoms with Crippen LogP contribution in [-0.4, -0.2) is 48.9 Å². The number of anilines is 1. The molecule has 1 fully saturated rings. The molecule has 0 radical (unpaired) electrons. The monoisotopic (exact) mass is 367 g/mol. The van der Waals surface area contributed by atoms with E-state index in [1.165, 1.54) is 20.9 Å². The van der Waals surface area contributed by atoms with Crippen LogP contribution in [0.4, 0.5) is 5.69 Å². The Balaban J connectivity index is 1.71. The van der Waals surface area contributed by atoms with Gasteiger partial charge < -0.3 is 10.2 Å². The summed E-state index contributed by atoms with van der Waals surface area (Å²) < 4.78 is 0. The lowest BCUT2D eigenvalue weighted by atomic mass is 9.96. The van der Waals surface area contributed by atoms with Gasteiger partial charge in [-0.25, -0.2) is 0 Å². The molecule has 1 unspecified atom stereocenters. The van der Waals surface area contributed by atoms with E-state index < -0.39 is 0 Å². The highest BCUT2D eigenvalue weighted by atomic mass is 32.2. The van der Waals surface area contributed by atoms with E-state index in [2.05, 4.69) is 58.6 Å². The maximum Gasteiger partial charge on any atom is 0.221 e. The lowest BCUT2D eigenvalue weighted by molar-refractivity contribution is -0.114. The van der Waals surface area contributed by atoms with Crippen LogP contribution in [0, 0.1) is 0 Å². The molecule has 2 aromatic rings. The lowest BCUT2D eigenvalue weighted by Crippen LogP contribution is -2.46. The number of carbonyl (C=O) groups is 1. The first-order valence-electron chi connectivity index (χ1n) is 9.20. The minimum atomic E-state index is -0.0230. The Bertz CT molecular complexity index is 815. The molecule has 2 heterocycles. The number of nitrogens with one attached hydrogen (secondary N) is 1. The van der Waals surface area contributed by atoms with Gasteiger partial charge in [-0.05, 0) is 48.9 Å². The van der Waals surface area contributed by atoms with E-state index >= 15 is 0 Å². The van der Waals surface area contributed by atoms with Crippen molar-refractivity contribution in [3.63, 3.8) is 0 Å². The van der Waals surface area contributed by atoms with Crippen LogP contribution >= 0.6 is 11.8 Å².